The van der Waals surface area contributed by atoms with E-state index in [0.29, 0.717) is 11.2 Å². The molecule has 0 aliphatic carbocycles. The highest BCUT2D eigenvalue weighted by atomic mass is 35.5. The van der Waals surface area contributed by atoms with Gasteiger partial charge < -0.3 is 10.2 Å². The normalized spacial score (nSPS) is 18.3. The standard InChI is InChI=1S/C12H19ClN4/c1-3-10-11(13)14-8-15-12(10)16-9-4-6-17(2)7-5-9/h8-9H,3-7H2,1-2H3,(H,14,15,16). The quantitative estimate of drug-likeness (QED) is 0.840. The number of piperidine rings is 1. The van der Waals surface area contributed by atoms with E-state index in [1.807, 2.05) is 0 Å². The lowest BCUT2D eigenvalue weighted by atomic mass is 10.1. The summed E-state index contributed by atoms with van der Waals surface area (Å²) in [7, 11) is 2.16. The number of nitrogens with one attached hydrogen (secondary N) is 1. The maximum Gasteiger partial charge on any atom is 0.137 e. The van der Waals surface area contributed by atoms with Crippen LogP contribution in [0.4, 0.5) is 5.82 Å². The molecule has 0 aromatic carbocycles. The molecular formula is C12H19ClN4. The van der Waals surface area contributed by atoms with Gasteiger partial charge in [-0.3, -0.25) is 0 Å². The Morgan fingerprint density at radius 2 is 2.12 bits per heavy atom. The van der Waals surface area contributed by atoms with Gasteiger partial charge in [-0.2, -0.15) is 0 Å². The summed E-state index contributed by atoms with van der Waals surface area (Å²) in [5, 5.41) is 4.07. The second-order valence-electron chi connectivity index (χ2n) is 4.57. The highest BCUT2D eigenvalue weighted by molar-refractivity contribution is 6.30. The van der Waals surface area contributed by atoms with Crippen LogP contribution in [0.25, 0.3) is 0 Å². The molecule has 1 fully saturated rings. The molecule has 94 valence electrons. The summed E-state index contributed by atoms with van der Waals surface area (Å²) in [5.41, 5.74) is 1.02. The van der Waals surface area contributed by atoms with Gasteiger partial charge in [0.2, 0.25) is 0 Å². The fraction of sp³-hybridized carbons (Fsp3) is 0.667. The minimum atomic E-state index is 0.502. The molecule has 1 aromatic heterocycles. The minimum Gasteiger partial charge on any atom is -0.367 e. The number of aromatic nitrogens is 2. The Balaban J connectivity index is 2.05. The third kappa shape index (κ3) is 3.07. The highest BCUT2D eigenvalue weighted by Gasteiger charge is 2.18. The molecule has 5 heteroatoms. The number of rotatable bonds is 3. The van der Waals surface area contributed by atoms with Crippen LogP contribution in [0.1, 0.15) is 25.3 Å². The number of halogens is 1. The molecule has 1 N–H and O–H groups in total. The van der Waals surface area contributed by atoms with Crippen molar-refractivity contribution in [3.8, 4) is 0 Å². The Labute approximate surface area is 107 Å². The van der Waals surface area contributed by atoms with E-state index in [1.165, 1.54) is 6.33 Å². The second kappa shape index (κ2) is 5.65. The fourth-order valence-corrected chi connectivity index (χ4v) is 2.44. The van der Waals surface area contributed by atoms with Crippen LogP contribution in [0.2, 0.25) is 5.15 Å². The van der Waals surface area contributed by atoms with Crippen LogP contribution in [0.5, 0.6) is 0 Å². The van der Waals surface area contributed by atoms with E-state index in [1.54, 1.807) is 0 Å². The molecule has 0 bridgehead atoms. The lowest BCUT2D eigenvalue weighted by Gasteiger charge is -2.30. The van der Waals surface area contributed by atoms with E-state index < -0.39 is 0 Å². The van der Waals surface area contributed by atoms with Crippen LogP contribution in [-0.4, -0.2) is 41.0 Å². The van der Waals surface area contributed by atoms with Gasteiger partial charge in [0.1, 0.15) is 17.3 Å². The number of likely N-dealkylation sites (tertiary alicyclic amines) is 1. The molecule has 1 aliphatic heterocycles. The minimum absolute atomic E-state index is 0.502. The van der Waals surface area contributed by atoms with Crippen LogP contribution in [0.3, 0.4) is 0 Å². The molecule has 0 atom stereocenters. The van der Waals surface area contributed by atoms with Gasteiger partial charge in [-0.15, -0.1) is 0 Å². The largest absolute Gasteiger partial charge is 0.367 e. The van der Waals surface area contributed by atoms with E-state index in [-0.39, 0.29) is 0 Å². The van der Waals surface area contributed by atoms with Gasteiger partial charge in [0.05, 0.1) is 0 Å². The first kappa shape index (κ1) is 12.6. The topological polar surface area (TPSA) is 41.1 Å². The third-order valence-electron chi connectivity index (χ3n) is 3.31. The van der Waals surface area contributed by atoms with Crippen LogP contribution in [0.15, 0.2) is 6.33 Å². The van der Waals surface area contributed by atoms with Crippen LogP contribution in [0, 0.1) is 0 Å². The average molecular weight is 255 g/mol. The summed E-state index contributed by atoms with van der Waals surface area (Å²) in [6.07, 6.45) is 4.69. The molecule has 0 unspecified atom stereocenters. The second-order valence-corrected chi connectivity index (χ2v) is 4.93. The zero-order valence-corrected chi connectivity index (χ0v) is 11.2. The van der Waals surface area contributed by atoms with Crippen molar-refractivity contribution < 1.29 is 0 Å². The predicted octanol–water partition coefficient (Wildman–Crippen LogP) is 2.20. The molecule has 0 amide bonds. The Morgan fingerprint density at radius 3 is 2.76 bits per heavy atom. The van der Waals surface area contributed by atoms with Gasteiger partial charge >= 0.3 is 0 Å². The van der Waals surface area contributed by atoms with Crippen molar-refractivity contribution in [2.75, 3.05) is 25.5 Å². The fourth-order valence-electron chi connectivity index (χ4n) is 2.17. The number of hydrogen-bond acceptors (Lipinski definition) is 4. The van der Waals surface area contributed by atoms with Gasteiger partial charge in [0.15, 0.2) is 0 Å². The molecule has 2 rings (SSSR count). The zero-order valence-electron chi connectivity index (χ0n) is 10.4. The van der Waals surface area contributed by atoms with Crippen molar-refractivity contribution in [3.63, 3.8) is 0 Å². The van der Waals surface area contributed by atoms with Crippen molar-refractivity contribution in [1.29, 1.82) is 0 Å². The Kier molecular flexibility index (Phi) is 4.18. The van der Waals surface area contributed by atoms with Gasteiger partial charge in [0.25, 0.3) is 0 Å². The lowest BCUT2D eigenvalue weighted by Crippen LogP contribution is -2.37. The molecular weight excluding hydrogens is 236 g/mol. The highest BCUT2D eigenvalue weighted by Crippen LogP contribution is 2.22. The van der Waals surface area contributed by atoms with Crippen molar-refractivity contribution in [1.82, 2.24) is 14.9 Å². The van der Waals surface area contributed by atoms with Crippen molar-refractivity contribution in [2.24, 2.45) is 0 Å². The SMILES string of the molecule is CCc1c(Cl)ncnc1NC1CCN(C)CC1. The summed E-state index contributed by atoms with van der Waals surface area (Å²) in [6.45, 7) is 4.35. The van der Waals surface area contributed by atoms with E-state index in [9.17, 15) is 0 Å². The molecule has 2 heterocycles. The van der Waals surface area contributed by atoms with Crippen LogP contribution in [-0.2, 0) is 6.42 Å². The van der Waals surface area contributed by atoms with E-state index in [4.69, 9.17) is 11.6 Å². The molecule has 4 nitrogen and oxygen atoms in total. The van der Waals surface area contributed by atoms with E-state index >= 15 is 0 Å². The van der Waals surface area contributed by atoms with Crippen LogP contribution < -0.4 is 5.32 Å². The summed E-state index contributed by atoms with van der Waals surface area (Å²) < 4.78 is 0. The molecule has 0 radical (unpaired) electrons. The molecule has 0 saturated carbocycles. The summed E-state index contributed by atoms with van der Waals surface area (Å²) in [6, 6.07) is 0.502. The first-order valence-corrected chi connectivity index (χ1v) is 6.53. The van der Waals surface area contributed by atoms with Crippen molar-refractivity contribution in [2.45, 2.75) is 32.2 Å². The third-order valence-corrected chi connectivity index (χ3v) is 3.63. The average Bonchev–Trinajstić information content (AvgIpc) is 2.32. The molecule has 17 heavy (non-hydrogen) atoms. The number of anilines is 1. The smallest absolute Gasteiger partial charge is 0.137 e. The van der Waals surface area contributed by atoms with Gasteiger partial charge in [-0.05, 0) is 39.4 Å². The molecule has 1 aliphatic rings. The maximum atomic E-state index is 6.07. The summed E-state index contributed by atoms with van der Waals surface area (Å²) in [4.78, 5) is 10.7. The first-order chi connectivity index (χ1) is 8.20. The zero-order chi connectivity index (χ0) is 12.3. The lowest BCUT2D eigenvalue weighted by molar-refractivity contribution is 0.263. The van der Waals surface area contributed by atoms with Gasteiger partial charge in [0, 0.05) is 11.6 Å². The van der Waals surface area contributed by atoms with Crippen LogP contribution >= 0.6 is 11.6 Å². The van der Waals surface area contributed by atoms with E-state index in [0.717, 1.165) is 43.7 Å². The Morgan fingerprint density at radius 1 is 1.41 bits per heavy atom. The molecule has 1 saturated heterocycles. The van der Waals surface area contributed by atoms with Gasteiger partial charge in [-0.1, -0.05) is 18.5 Å². The summed E-state index contributed by atoms with van der Waals surface area (Å²) >= 11 is 6.07. The molecule has 0 spiro atoms. The predicted molar refractivity (Wildman–Crippen MR) is 70.6 cm³/mol. The van der Waals surface area contributed by atoms with Crippen molar-refractivity contribution >= 4 is 17.4 Å². The Bertz CT molecular complexity index is 375. The molecule has 1 aromatic rings. The number of hydrogen-bond donors (Lipinski definition) is 1. The maximum absolute atomic E-state index is 6.07. The monoisotopic (exact) mass is 254 g/mol. The van der Waals surface area contributed by atoms with Crippen molar-refractivity contribution in [3.05, 3.63) is 17.0 Å². The number of nitrogens with zero attached hydrogens (tertiary/aromatic N) is 3. The Hall–Kier alpha value is -0.870. The van der Waals surface area contributed by atoms with Gasteiger partial charge in [-0.25, -0.2) is 9.97 Å². The first-order valence-electron chi connectivity index (χ1n) is 6.15. The summed E-state index contributed by atoms with van der Waals surface area (Å²) in [5.74, 6) is 0.905. The van der Waals surface area contributed by atoms with E-state index in [2.05, 4.69) is 34.2 Å².